The fraction of sp³-hybridized carbons (Fsp3) is 0.433. The first kappa shape index (κ1) is 29.8. The average molecular weight is 595 g/mol. The number of benzene rings is 2. The third-order valence-corrected chi connectivity index (χ3v) is 9.14. The SMILES string of the molecule is C[Si](C)(C)CCOCn1nc(C=C2Oc3c(ccc(OCCO)c3CN3CCN(C(=O)O)CC3)C2=O)c2ccccc21. The predicted molar refractivity (Wildman–Crippen MR) is 161 cm³/mol. The lowest BCUT2D eigenvalue weighted by molar-refractivity contribution is 0.0816. The quantitative estimate of drug-likeness (QED) is 0.191. The van der Waals surface area contributed by atoms with E-state index in [0.717, 1.165) is 16.9 Å². The zero-order valence-corrected chi connectivity index (χ0v) is 25.3. The molecule has 1 saturated heterocycles. The van der Waals surface area contributed by atoms with Crippen molar-refractivity contribution in [3.8, 4) is 11.5 Å². The van der Waals surface area contributed by atoms with Crippen LogP contribution in [0.2, 0.25) is 25.7 Å². The average Bonchev–Trinajstić information content (AvgIpc) is 3.47. The predicted octanol–water partition coefficient (Wildman–Crippen LogP) is 4.13. The highest BCUT2D eigenvalue weighted by Crippen LogP contribution is 2.41. The van der Waals surface area contributed by atoms with Crippen LogP contribution < -0.4 is 9.47 Å². The normalized spacial score (nSPS) is 16.7. The minimum Gasteiger partial charge on any atom is -0.491 e. The Morgan fingerprint density at radius 1 is 1.10 bits per heavy atom. The number of hydrogen-bond donors (Lipinski definition) is 2. The fourth-order valence-electron chi connectivity index (χ4n) is 5.06. The van der Waals surface area contributed by atoms with Gasteiger partial charge >= 0.3 is 6.09 Å². The number of hydrogen-bond acceptors (Lipinski definition) is 8. The molecule has 11 nitrogen and oxygen atoms in total. The molecule has 0 aliphatic carbocycles. The van der Waals surface area contributed by atoms with E-state index < -0.39 is 14.2 Å². The second-order valence-corrected chi connectivity index (χ2v) is 17.3. The Kier molecular flexibility index (Phi) is 8.97. The van der Waals surface area contributed by atoms with Crippen LogP contribution >= 0.6 is 0 Å². The van der Waals surface area contributed by atoms with Crippen molar-refractivity contribution >= 4 is 36.9 Å². The summed E-state index contributed by atoms with van der Waals surface area (Å²) >= 11 is 0. The van der Waals surface area contributed by atoms with Gasteiger partial charge in [0, 0.05) is 58.9 Å². The van der Waals surface area contributed by atoms with Gasteiger partial charge in [-0.05, 0) is 24.2 Å². The molecule has 5 rings (SSSR count). The summed E-state index contributed by atoms with van der Waals surface area (Å²) in [4.78, 5) is 28.4. The van der Waals surface area contributed by atoms with Crippen LogP contribution in [-0.2, 0) is 18.0 Å². The molecule has 1 amide bonds. The molecular weight excluding hydrogens is 556 g/mol. The van der Waals surface area contributed by atoms with Crippen molar-refractivity contribution in [3.05, 3.63) is 59.0 Å². The molecule has 0 atom stereocenters. The molecule has 2 aliphatic rings. The molecule has 0 saturated carbocycles. The Morgan fingerprint density at radius 3 is 2.57 bits per heavy atom. The molecule has 0 spiro atoms. The van der Waals surface area contributed by atoms with E-state index in [0.29, 0.717) is 74.4 Å². The van der Waals surface area contributed by atoms with Gasteiger partial charge in [0.15, 0.2) is 5.76 Å². The van der Waals surface area contributed by atoms with Crippen LogP contribution in [0, 0.1) is 0 Å². The molecule has 0 bridgehead atoms. The van der Waals surface area contributed by atoms with E-state index in [1.807, 2.05) is 28.9 Å². The highest BCUT2D eigenvalue weighted by Gasteiger charge is 2.33. The van der Waals surface area contributed by atoms with E-state index in [4.69, 9.17) is 19.3 Å². The van der Waals surface area contributed by atoms with Crippen LogP contribution in [0.5, 0.6) is 11.5 Å². The van der Waals surface area contributed by atoms with Gasteiger partial charge in [-0.2, -0.15) is 5.10 Å². The lowest BCUT2D eigenvalue weighted by Crippen LogP contribution is -2.47. The number of para-hydroxylation sites is 1. The first-order chi connectivity index (χ1) is 20.1. The third kappa shape index (κ3) is 6.67. The minimum absolute atomic E-state index is 0.0959. The smallest absolute Gasteiger partial charge is 0.407 e. The van der Waals surface area contributed by atoms with Crippen molar-refractivity contribution in [1.82, 2.24) is 19.6 Å². The standard InChI is InChI=1S/C30H38N4O7Si/c1-42(2,3)17-16-39-20-34-25-7-5-4-6-21(25)24(31-34)18-27-28(36)22-8-9-26(40-15-14-35)23(29(22)41-27)19-32-10-12-33(13-11-32)30(37)38/h4-9,18,35H,10-17,19-20H2,1-3H3,(H,37,38). The van der Waals surface area contributed by atoms with Gasteiger partial charge in [-0.15, -0.1) is 0 Å². The molecule has 42 heavy (non-hydrogen) atoms. The van der Waals surface area contributed by atoms with Crippen molar-refractivity contribution in [2.45, 2.75) is 39.0 Å². The van der Waals surface area contributed by atoms with Gasteiger partial charge in [-0.25, -0.2) is 9.48 Å². The number of piperazine rings is 1. The summed E-state index contributed by atoms with van der Waals surface area (Å²) < 4.78 is 19.8. The number of fused-ring (bicyclic) bond motifs is 2. The lowest BCUT2D eigenvalue weighted by atomic mass is 10.0. The Morgan fingerprint density at radius 2 is 1.86 bits per heavy atom. The van der Waals surface area contributed by atoms with Gasteiger partial charge in [0.25, 0.3) is 0 Å². The zero-order valence-electron chi connectivity index (χ0n) is 24.3. The number of aliphatic hydroxyl groups excluding tert-OH is 1. The molecule has 0 unspecified atom stereocenters. The highest BCUT2D eigenvalue weighted by atomic mass is 28.3. The number of ketones is 1. The summed E-state index contributed by atoms with van der Waals surface area (Å²) in [5.41, 5.74) is 2.63. The van der Waals surface area contributed by atoms with Crippen LogP contribution in [-0.4, -0.2) is 95.7 Å². The number of rotatable bonds is 11. The number of carbonyl (C=O) groups is 2. The number of amides is 1. The van der Waals surface area contributed by atoms with E-state index in [2.05, 4.69) is 24.5 Å². The molecule has 2 aromatic carbocycles. The van der Waals surface area contributed by atoms with Crippen LogP contribution in [0.1, 0.15) is 21.6 Å². The summed E-state index contributed by atoms with van der Waals surface area (Å²) in [6, 6.07) is 12.3. The number of nitrogens with zero attached hydrogens (tertiary/aromatic N) is 4. The maximum absolute atomic E-state index is 13.5. The molecule has 2 N–H and O–H groups in total. The number of carbonyl (C=O) groups excluding carboxylic acids is 1. The monoisotopic (exact) mass is 594 g/mol. The molecule has 0 radical (unpaired) electrons. The molecule has 2 aliphatic heterocycles. The highest BCUT2D eigenvalue weighted by molar-refractivity contribution is 6.76. The molecule has 3 heterocycles. The van der Waals surface area contributed by atoms with Gasteiger partial charge in [0.05, 0.1) is 28.9 Å². The third-order valence-electron chi connectivity index (χ3n) is 7.44. The summed E-state index contributed by atoms with van der Waals surface area (Å²) in [6.45, 7) is 10.1. The fourth-order valence-corrected chi connectivity index (χ4v) is 5.82. The van der Waals surface area contributed by atoms with Crippen molar-refractivity contribution in [3.63, 3.8) is 0 Å². The summed E-state index contributed by atoms with van der Waals surface area (Å²) in [7, 11) is -1.21. The van der Waals surface area contributed by atoms with Crippen molar-refractivity contribution in [2.75, 3.05) is 46.0 Å². The topological polar surface area (TPSA) is 127 Å². The van der Waals surface area contributed by atoms with Crippen LogP contribution in [0.15, 0.2) is 42.2 Å². The summed E-state index contributed by atoms with van der Waals surface area (Å²) in [6.07, 6.45) is 0.742. The molecule has 12 heteroatoms. The van der Waals surface area contributed by atoms with Crippen molar-refractivity contribution in [2.24, 2.45) is 0 Å². The first-order valence-electron chi connectivity index (χ1n) is 14.2. The first-order valence-corrected chi connectivity index (χ1v) is 17.9. The van der Waals surface area contributed by atoms with Crippen LogP contribution in [0.4, 0.5) is 4.79 Å². The van der Waals surface area contributed by atoms with Gasteiger partial charge in [-0.3, -0.25) is 9.69 Å². The number of aliphatic hydroxyl groups is 1. The largest absolute Gasteiger partial charge is 0.491 e. The van der Waals surface area contributed by atoms with Crippen LogP contribution in [0.25, 0.3) is 17.0 Å². The van der Waals surface area contributed by atoms with Crippen molar-refractivity contribution < 1.29 is 34.0 Å². The van der Waals surface area contributed by atoms with E-state index in [1.165, 1.54) is 4.90 Å². The number of aromatic nitrogens is 2. The van der Waals surface area contributed by atoms with Gasteiger partial charge in [0.1, 0.15) is 24.8 Å². The van der Waals surface area contributed by atoms with E-state index in [-0.39, 0.29) is 24.8 Å². The maximum atomic E-state index is 13.5. The number of Topliss-reactive ketones (excluding diaryl/α,β-unsaturated/α-hetero) is 1. The van der Waals surface area contributed by atoms with E-state index in [1.54, 1.807) is 18.2 Å². The number of allylic oxidation sites excluding steroid dienone is 1. The number of ether oxygens (including phenoxy) is 3. The molecule has 1 fully saturated rings. The summed E-state index contributed by atoms with van der Waals surface area (Å²) in [5, 5.41) is 24.3. The molecule has 3 aromatic rings. The Balaban J connectivity index is 1.41. The van der Waals surface area contributed by atoms with E-state index in [9.17, 15) is 19.8 Å². The molecular formula is C30H38N4O7Si. The minimum atomic E-state index is -1.21. The second kappa shape index (κ2) is 12.7. The molecule has 224 valence electrons. The van der Waals surface area contributed by atoms with Gasteiger partial charge in [0.2, 0.25) is 5.78 Å². The Labute approximate surface area is 245 Å². The summed E-state index contributed by atoms with van der Waals surface area (Å²) in [5.74, 6) is 0.848. The second-order valence-electron chi connectivity index (χ2n) is 11.7. The zero-order chi connectivity index (χ0) is 29.9. The van der Waals surface area contributed by atoms with Crippen molar-refractivity contribution in [1.29, 1.82) is 0 Å². The maximum Gasteiger partial charge on any atom is 0.407 e. The van der Waals surface area contributed by atoms with Gasteiger partial charge < -0.3 is 29.3 Å². The Bertz CT molecular complexity index is 1490. The molecule has 1 aromatic heterocycles. The lowest BCUT2D eigenvalue weighted by Gasteiger charge is -2.33. The van der Waals surface area contributed by atoms with E-state index >= 15 is 0 Å². The van der Waals surface area contributed by atoms with Crippen LogP contribution in [0.3, 0.4) is 0 Å². The van der Waals surface area contributed by atoms with Gasteiger partial charge in [-0.1, -0.05) is 37.8 Å². The number of carboxylic acid groups (broad SMARTS) is 1. The Hall–Kier alpha value is -3.71.